The second-order valence-electron chi connectivity index (χ2n) is 8.84. The van der Waals surface area contributed by atoms with Gasteiger partial charge in [0, 0.05) is 36.1 Å². The van der Waals surface area contributed by atoms with Crippen LogP contribution in [0.3, 0.4) is 0 Å². The number of nitrogens with zero attached hydrogens (tertiary/aromatic N) is 2. The van der Waals surface area contributed by atoms with Gasteiger partial charge in [-0.05, 0) is 49.4 Å². The number of benzene rings is 2. The van der Waals surface area contributed by atoms with Crippen molar-refractivity contribution in [2.45, 2.75) is 61.5 Å². The van der Waals surface area contributed by atoms with E-state index in [2.05, 4.69) is 15.2 Å². The van der Waals surface area contributed by atoms with Gasteiger partial charge in [-0.25, -0.2) is 22.2 Å². The minimum Gasteiger partial charge on any atom is -0.380 e. The Kier molecular flexibility index (Phi) is 6.63. The number of hydrogen-bond donors (Lipinski definition) is 1. The molecule has 2 aliphatic rings. The van der Waals surface area contributed by atoms with Gasteiger partial charge in [-0.15, -0.1) is 11.3 Å². The Morgan fingerprint density at radius 3 is 2.53 bits per heavy atom. The van der Waals surface area contributed by atoms with Gasteiger partial charge in [-0.3, -0.25) is 4.90 Å². The third-order valence-electron chi connectivity index (χ3n) is 6.83. The maximum atomic E-state index is 15.0. The minimum absolute atomic E-state index is 0.106. The van der Waals surface area contributed by atoms with Crippen molar-refractivity contribution in [3.8, 4) is 0 Å². The van der Waals surface area contributed by atoms with E-state index in [1.165, 1.54) is 60.7 Å². The van der Waals surface area contributed by atoms with Crippen LogP contribution in [0.25, 0.3) is 0 Å². The summed E-state index contributed by atoms with van der Waals surface area (Å²) in [5.74, 6) is -1.77. The molecule has 3 heterocycles. The molecule has 0 aliphatic carbocycles. The summed E-state index contributed by atoms with van der Waals surface area (Å²) in [5, 5.41) is 4.27. The highest BCUT2D eigenvalue weighted by atomic mass is 35.5. The molecule has 0 atom stereocenters. The summed E-state index contributed by atoms with van der Waals surface area (Å²) in [4.78, 5) is 5.94. The van der Waals surface area contributed by atoms with Crippen molar-refractivity contribution >= 4 is 38.5 Å². The highest BCUT2D eigenvalue weighted by Gasteiger charge is 2.39. The molecule has 2 aliphatic heterocycles. The first-order valence-corrected chi connectivity index (χ1v) is 14.1. The van der Waals surface area contributed by atoms with Crippen LogP contribution < -0.4 is 5.32 Å². The first-order valence-electron chi connectivity index (χ1n) is 11.2. The van der Waals surface area contributed by atoms with Crippen molar-refractivity contribution in [3.05, 3.63) is 74.7 Å². The number of anilines is 1. The van der Waals surface area contributed by atoms with Gasteiger partial charge in [-0.1, -0.05) is 23.7 Å². The lowest BCUT2D eigenvalue weighted by molar-refractivity contribution is 0.243. The Morgan fingerprint density at radius 2 is 1.85 bits per heavy atom. The van der Waals surface area contributed by atoms with E-state index in [4.69, 9.17) is 11.6 Å². The van der Waals surface area contributed by atoms with Crippen LogP contribution in [0.1, 0.15) is 42.5 Å². The summed E-state index contributed by atoms with van der Waals surface area (Å²) >= 11 is 7.46. The van der Waals surface area contributed by atoms with Gasteiger partial charge < -0.3 is 5.32 Å². The van der Waals surface area contributed by atoms with Crippen molar-refractivity contribution in [1.29, 1.82) is 0 Å². The summed E-state index contributed by atoms with van der Waals surface area (Å²) < 4.78 is 55.1. The number of fused-ring (bicyclic) bond motifs is 2. The molecule has 2 fully saturated rings. The molecule has 180 valence electrons. The van der Waals surface area contributed by atoms with Crippen LogP contribution in [-0.4, -0.2) is 30.4 Å². The summed E-state index contributed by atoms with van der Waals surface area (Å²) in [5.41, 5.74) is 3.48. The van der Waals surface area contributed by atoms with E-state index in [-0.39, 0.29) is 23.1 Å². The molecule has 0 spiro atoms. The molecule has 5 rings (SSSR count). The number of rotatable bonds is 8. The van der Waals surface area contributed by atoms with Gasteiger partial charge in [0.15, 0.2) is 15.7 Å². The summed E-state index contributed by atoms with van der Waals surface area (Å²) in [6.45, 7) is 0.787. The molecule has 2 bridgehead atoms. The molecule has 2 saturated heterocycles. The van der Waals surface area contributed by atoms with E-state index in [0.717, 1.165) is 5.56 Å². The lowest BCUT2D eigenvalue weighted by Crippen LogP contribution is -2.28. The zero-order valence-corrected chi connectivity index (χ0v) is 20.7. The predicted octanol–water partition coefficient (Wildman–Crippen LogP) is 5.79. The summed E-state index contributed by atoms with van der Waals surface area (Å²) in [6, 6.07) is 8.79. The van der Waals surface area contributed by atoms with E-state index in [1.807, 2.05) is 6.07 Å². The quantitative estimate of drug-likeness (QED) is 0.405. The topological polar surface area (TPSA) is 62.3 Å². The first kappa shape index (κ1) is 23.7. The normalized spacial score (nSPS) is 20.2. The monoisotopic (exact) mass is 523 g/mol. The third kappa shape index (κ3) is 4.58. The molecule has 1 N–H and O–H groups in total. The maximum Gasteiger partial charge on any atom is 0.187 e. The van der Waals surface area contributed by atoms with Crippen molar-refractivity contribution < 1.29 is 17.2 Å². The molecule has 3 aromatic rings. The van der Waals surface area contributed by atoms with E-state index in [1.54, 1.807) is 11.4 Å². The van der Waals surface area contributed by atoms with Crippen LogP contribution in [-0.2, 0) is 28.7 Å². The summed E-state index contributed by atoms with van der Waals surface area (Å²) in [6.07, 6.45) is 4.78. The zero-order chi connectivity index (χ0) is 23.9. The zero-order valence-electron chi connectivity index (χ0n) is 18.3. The molecular weight excluding hydrogens is 500 g/mol. The second-order valence-corrected chi connectivity index (χ2v) is 11.9. The van der Waals surface area contributed by atoms with Crippen LogP contribution in [0.2, 0.25) is 5.02 Å². The fourth-order valence-corrected chi connectivity index (χ4v) is 7.40. The van der Waals surface area contributed by atoms with Gasteiger partial charge in [0.05, 0.1) is 22.6 Å². The van der Waals surface area contributed by atoms with Crippen LogP contribution in [0.15, 0.2) is 46.1 Å². The van der Waals surface area contributed by atoms with Crippen molar-refractivity contribution in [2.75, 3.05) is 5.32 Å². The van der Waals surface area contributed by atoms with Gasteiger partial charge >= 0.3 is 0 Å². The smallest absolute Gasteiger partial charge is 0.187 e. The molecule has 10 heteroatoms. The molecule has 34 heavy (non-hydrogen) atoms. The van der Waals surface area contributed by atoms with E-state index < -0.39 is 26.3 Å². The Balaban J connectivity index is 1.34. The number of aromatic nitrogens is 1. The van der Waals surface area contributed by atoms with E-state index in [0.29, 0.717) is 29.9 Å². The first-order chi connectivity index (χ1) is 16.3. The van der Waals surface area contributed by atoms with Gasteiger partial charge in [0.2, 0.25) is 0 Å². The molecule has 5 nitrogen and oxygen atoms in total. The average Bonchev–Trinajstić information content (AvgIpc) is 3.54. The summed E-state index contributed by atoms with van der Waals surface area (Å²) in [7, 11) is -3.96. The Hall–Kier alpha value is -2.07. The molecule has 2 aromatic carbocycles. The number of nitrogens with one attached hydrogen (secondary N) is 1. The second kappa shape index (κ2) is 9.53. The Bertz CT molecular complexity index is 1280. The van der Waals surface area contributed by atoms with Gasteiger partial charge in [-0.2, -0.15) is 0 Å². The van der Waals surface area contributed by atoms with E-state index in [9.17, 15) is 17.2 Å². The highest BCUT2D eigenvalue weighted by Crippen LogP contribution is 2.39. The minimum atomic E-state index is -3.96. The number of thiazole rings is 1. The van der Waals surface area contributed by atoms with Crippen molar-refractivity contribution in [2.24, 2.45) is 0 Å². The predicted molar refractivity (Wildman–Crippen MR) is 130 cm³/mol. The van der Waals surface area contributed by atoms with Gasteiger partial charge in [0.1, 0.15) is 15.7 Å². The molecule has 0 saturated carbocycles. The lowest BCUT2D eigenvalue weighted by atomic mass is 10.0. The average molecular weight is 524 g/mol. The van der Waals surface area contributed by atoms with Crippen molar-refractivity contribution in [3.63, 3.8) is 0 Å². The number of sulfone groups is 1. The Labute approximate surface area is 206 Å². The molecular formula is C24H24ClF2N3O2S2. The molecule has 1 aromatic heterocycles. The van der Waals surface area contributed by atoms with Crippen LogP contribution in [0.5, 0.6) is 0 Å². The number of halogens is 3. The number of hydrogen-bond acceptors (Lipinski definition) is 6. The van der Waals surface area contributed by atoms with Crippen LogP contribution >= 0.6 is 22.9 Å². The SMILES string of the molecule is O=S(=O)(Cc1cscn1)c1ccc(NCc2c(F)cccc2CN2C3CCC2CC3)c(Cl)c1F. The molecule has 0 unspecified atom stereocenters. The fourth-order valence-electron chi connectivity index (χ4n) is 5.10. The van der Waals surface area contributed by atoms with Crippen molar-refractivity contribution in [1.82, 2.24) is 9.88 Å². The lowest BCUT2D eigenvalue weighted by Gasteiger charge is -2.23. The third-order valence-corrected chi connectivity index (χ3v) is 9.50. The highest BCUT2D eigenvalue weighted by molar-refractivity contribution is 7.90. The van der Waals surface area contributed by atoms with Crippen LogP contribution in [0.4, 0.5) is 14.5 Å². The van der Waals surface area contributed by atoms with Crippen LogP contribution in [0, 0.1) is 11.6 Å². The fraction of sp³-hybridized carbons (Fsp3) is 0.375. The molecule has 0 radical (unpaired) electrons. The maximum absolute atomic E-state index is 15.0. The van der Waals surface area contributed by atoms with Gasteiger partial charge in [0.25, 0.3) is 0 Å². The molecule has 0 amide bonds. The largest absolute Gasteiger partial charge is 0.380 e. The standard InChI is InChI=1S/C24H24ClF2N3O2S2/c25-23-21(8-9-22(24(23)27)34(31,32)13-16-12-33-14-29-16)28-10-19-15(2-1-3-20(19)26)11-30-17-4-5-18(30)7-6-17/h1-3,8-9,12,14,17-18,28H,4-7,10-11,13H2. The van der Waals surface area contributed by atoms with E-state index >= 15 is 0 Å². The Morgan fingerprint density at radius 1 is 1.12 bits per heavy atom.